The second kappa shape index (κ2) is 6.96. The average molecular weight is 411 g/mol. The van der Waals surface area contributed by atoms with Crippen LogP contribution in [0.3, 0.4) is 0 Å². The average Bonchev–Trinajstić information content (AvgIpc) is 2.95. The molecule has 0 spiro atoms. The molecule has 0 radical (unpaired) electrons. The molecule has 0 amide bonds. The van der Waals surface area contributed by atoms with E-state index in [4.69, 9.17) is 28.2 Å². The summed E-state index contributed by atoms with van der Waals surface area (Å²) in [6.45, 7) is 0. The first-order valence-corrected chi connectivity index (χ1v) is 8.98. The van der Waals surface area contributed by atoms with Gasteiger partial charge in [-0.15, -0.1) is 0 Å². The van der Waals surface area contributed by atoms with Crippen LogP contribution >= 0.6 is 34.5 Å². The molecule has 0 bridgehead atoms. The molecule has 0 saturated heterocycles. The van der Waals surface area contributed by atoms with Gasteiger partial charge in [0.25, 0.3) is 0 Å². The predicted molar refractivity (Wildman–Crippen MR) is 102 cm³/mol. The number of allylic oxidation sites excluding steroid dienone is 2. The molecule has 0 fully saturated rings. The van der Waals surface area contributed by atoms with E-state index in [1.54, 1.807) is 11.3 Å². The van der Waals surface area contributed by atoms with E-state index in [-0.39, 0.29) is 12.4 Å². The summed E-state index contributed by atoms with van der Waals surface area (Å²) in [6, 6.07) is 10.2. The quantitative estimate of drug-likeness (QED) is 0.451. The highest BCUT2D eigenvalue weighted by Crippen LogP contribution is 2.37. The van der Waals surface area contributed by atoms with Crippen LogP contribution in [0.4, 0.5) is 5.69 Å². The van der Waals surface area contributed by atoms with Gasteiger partial charge in [-0.05, 0) is 28.8 Å². The Bertz CT molecular complexity index is 1020. The minimum atomic E-state index is 0. The van der Waals surface area contributed by atoms with Gasteiger partial charge in [0.05, 0.1) is 12.1 Å². The van der Waals surface area contributed by atoms with Crippen LogP contribution < -0.4 is 21.9 Å². The maximum absolute atomic E-state index is 6.39. The normalized spacial score (nSPS) is 15.1. The zero-order valence-electron chi connectivity index (χ0n) is 13.5. The third-order valence-corrected chi connectivity index (χ3v) is 5.53. The van der Waals surface area contributed by atoms with Crippen molar-refractivity contribution in [2.45, 2.75) is 0 Å². The van der Waals surface area contributed by atoms with E-state index in [2.05, 4.69) is 18.2 Å². The highest BCUT2D eigenvalue weighted by Gasteiger charge is 2.20. The van der Waals surface area contributed by atoms with Gasteiger partial charge < -0.3 is 17.3 Å². The topological polar surface area (TPSA) is 20.0 Å². The molecule has 1 aliphatic heterocycles. The number of hydrogen-bond donors (Lipinski definition) is 0. The summed E-state index contributed by atoms with van der Waals surface area (Å²) in [5.41, 5.74) is 4.21. The molecule has 25 heavy (non-hydrogen) atoms. The molecule has 128 valence electrons. The van der Waals surface area contributed by atoms with E-state index in [1.165, 1.54) is 0 Å². The third kappa shape index (κ3) is 3.27. The maximum atomic E-state index is 6.39. The molecule has 1 aliphatic rings. The van der Waals surface area contributed by atoms with Gasteiger partial charge in [0.15, 0.2) is 0 Å². The van der Waals surface area contributed by atoms with E-state index >= 15 is 0 Å². The molecule has 0 saturated carbocycles. The second-order valence-electron chi connectivity index (χ2n) is 5.65. The highest BCUT2D eigenvalue weighted by molar-refractivity contribution is 7.19. The first-order chi connectivity index (χ1) is 11.5. The lowest BCUT2D eigenvalue weighted by Gasteiger charge is -2.26. The molecule has 2 aromatic heterocycles. The number of halogens is 3. The van der Waals surface area contributed by atoms with Crippen LogP contribution in [0.15, 0.2) is 47.8 Å². The van der Waals surface area contributed by atoms with Crippen LogP contribution in [0.2, 0.25) is 5.02 Å². The van der Waals surface area contributed by atoms with Crippen LogP contribution in [0.1, 0.15) is 10.6 Å². The number of nitrogens with zero attached hydrogens (tertiary/aromatic N) is 3. The lowest BCUT2D eigenvalue weighted by Crippen LogP contribution is -3.00. The van der Waals surface area contributed by atoms with E-state index in [9.17, 15) is 0 Å². The van der Waals surface area contributed by atoms with Crippen LogP contribution in [0.5, 0.6) is 0 Å². The van der Waals surface area contributed by atoms with Crippen molar-refractivity contribution in [3.05, 3.63) is 63.4 Å². The van der Waals surface area contributed by atoms with Crippen molar-refractivity contribution in [2.75, 3.05) is 11.9 Å². The number of pyridine rings is 1. The van der Waals surface area contributed by atoms with E-state index in [0.29, 0.717) is 10.2 Å². The molecular weight excluding hydrogens is 397 g/mol. The fourth-order valence-corrected chi connectivity index (χ4v) is 4.38. The summed E-state index contributed by atoms with van der Waals surface area (Å²) in [5, 5.41) is 2.33. The van der Waals surface area contributed by atoms with Gasteiger partial charge in [0, 0.05) is 24.4 Å². The Morgan fingerprint density at radius 1 is 1.24 bits per heavy atom. The molecule has 0 atom stereocenters. The molecule has 3 aromatic rings. The lowest BCUT2D eigenvalue weighted by atomic mass is 10.00. The van der Waals surface area contributed by atoms with Gasteiger partial charge in [0.2, 0.25) is 5.01 Å². The number of benzene rings is 1. The number of aromatic nitrogens is 2. The number of hydrogen-bond acceptors (Lipinski definition) is 3. The summed E-state index contributed by atoms with van der Waals surface area (Å²) < 4.78 is 3.01. The van der Waals surface area contributed by atoms with Gasteiger partial charge in [-0.3, -0.25) is 0 Å². The number of anilines is 1. The van der Waals surface area contributed by atoms with Gasteiger partial charge >= 0.3 is 5.65 Å². The summed E-state index contributed by atoms with van der Waals surface area (Å²) in [5.74, 6) is 0. The first kappa shape index (κ1) is 18.2. The highest BCUT2D eigenvalue weighted by atomic mass is 35.5. The first-order valence-electron chi connectivity index (χ1n) is 7.40. The van der Waals surface area contributed by atoms with E-state index in [0.717, 1.165) is 32.2 Å². The molecule has 1 aromatic carbocycles. The molecule has 3 nitrogen and oxygen atoms in total. The SMILES string of the molecule is CN1C(Cl)=C/C(=C\c2nc3c(cc(Cl)c[n+]3C)s2)c2ccccc21.[Cl-]. The van der Waals surface area contributed by atoms with Crippen molar-refractivity contribution in [1.29, 1.82) is 0 Å². The van der Waals surface area contributed by atoms with Gasteiger partial charge in [-0.25, -0.2) is 4.57 Å². The van der Waals surface area contributed by atoms with Crippen molar-refractivity contribution in [1.82, 2.24) is 4.98 Å². The molecule has 7 heteroatoms. The number of para-hydroxylation sites is 1. The van der Waals surface area contributed by atoms with Crippen molar-refractivity contribution in [3.63, 3.8) is 0 Å². The Morgan fingerprint density at radius 3 is 2.80 bits per heavy atom. The number of rotatable bonds is 1. The predicted octanol–water partition coefficient (Wildman–Crippen LogP) is 1.85. The molecule has 0 N–H and O–H groups in total. The standard InChI is InChI=1S/C18H14Cl2N3S.ClH/c1-22-10-12(19)9-15-18(22)21-17(24-15)8-11-7-16(20)23(2)14-6-4-3-5-13(11)14;/h3-10H,1-2H3;1H/q+1;/p-1. The molecular formula is C18H14Cl3N3S. The van der Waals surface area contributed by atoms with Crippen LogP contribution in [-0.2, 0) is 7.05 Å². The van der Waals surface area contributed by atoms with Crippen LogP contribution in [0.25, 0.3) is 22.0 Å². The zero-order valence-corrected chi connectivity index (χ0v) is 16.6. The van der Waals surface area contributed by atoms with Crippen LogP contribution in [0, 0.1) is 0 Å². The monoisotopic (exact) mass is 409 g/mol. The lowest BCUT2D eigenvalue weighted by molar-refractivity contribution is -0.646. The maximum Gasteiger partial charge on any atom is 0.342 e. The smallest absolute Gasteiger partial charge is 0.342 e. The molecule has 0 aliphatic carbocycles. The van der Waals surface area contributed by atoms with E-state index < -0.39 is 0 Å². The van der Waals surface area contributed by atoms with Gasteiger partial charge in [0.1, 0.15) is 16.1 Å². The van der Waals surface area contributed by atoms with E-state index in [1.807, 2.05) is 54.0 Å². The Balaban J connectivity index is 0.00000182. The van der Waals surface area contributed by atoms with Crippen LogP contribution in [-0.4, -0.2) is 12.0 Å². The Kier molecular flexibility index (Phi) is 5.07. The summed E-state index contributed by atoms with van der Waals surface area (Å²) in [7, 11) is 3.92. The molecule has 4 rings (SSSR count). The Hall–Kier alpha value is -1.59. The summed E-state index contributed by atoms with van der Waals surface area (Å²) in [6.07, 6.45) is 5.91. The van der Waals surface area contributed by atoms with Crippen molar-refractivity contribution in [3.8, 4) is 0 Å². The third-order valence-electron chi connectivity index (χ3n) is 4.02. The Morgan fingerprint density at radius 2 is 2.00 bits per heavy atom. The number of fused-ring (bicyclic) bond motifs is 2. The van der Waals surface area contributed by atoms with Crippen molar-refractivity contribution >= 4 is 62.2 Å². The van der Waals surface area contributed by atoms with Gasteiger partial charge in [-0.2, -0.15) is 0 Å². The minimum Gasteiger partial charge on any atom is -1.00 e. The fraction of sp³-hybridized carbons (Fsp3) is 0.111. The largest absolute Gasteiger partial charge is 1.00 e. The van der Waals surface area contributed by atoms with Crippen molar-refractivity contribution < 1.29 is 17.0 Å². The Labute approximate surface area is 166 Å². The molecule has 3 heterocycles. The number of thiazole rings is 1. The zero-order chi connectivity index (χ0) is 16.8. The fourth-order valence-electron chi connectivity index (χ4n) is 2.84. The number of aryl methyl sites for hydroxylation is 1. The van der Waals surface area contributed by atoms with Gasteiger partial charge in [-0.1, -0.05) is 52.7 Å². The molecule has 0 unspecified atom stereocenters. The minimum absolute atomic E-state index is 0. The van der Waals surface area contributed by atoms with Crippen molar-refractivity contribution in [2.24, 2.45) is 7.05 Å². The second-order valence-corrected chi connectivity index (χ2v) is 7.54. The summed E-state index contributed by atoms with van der Waals surface area (Å²) in [4.78, 5) is 6.70. The summed E-state index contributed by atoms with van der Waals surface area (Å²) >= 11 is 14.1.